The van der Waals surface area contributed by atoms with Crippen molar-refractivity contribution < 1.29 is 9.53 Å². The number of anilines is 1. The number of aromatic amines is 1. The molecule has 134 valence electrons. The van der Waals surface area contributed by atoms with Gasteiger partial charge in [0, 0.05) is 11.3 Å². The van der Waals surface area contributed by atoms with E-state index in [2.05, 4.69) is 20.5 Å². The maximum absolute atomic E-state index is 12.2. The highest BCUT2D eigenvalue weighted by Crippen LogP contribution is 2.22. The largest absolute Gasteiger partial charge is 0.497 e. The molecule has 0 fully saturated rings. The van der Waals surface area contributed by atoms with Crippen LogP contribution in [0.25, 0.3) is 11.4 Å². The second-order valence-electron chi connectivity index (χ2n) is 5.78. The number of ether oxygens (including phenoxy) is 1. The minimum absolute atomic E-state index is 0.0838. The molecule has 0 aliphatic carbocycles. The maximum Gasteiger partial charge on any atom is 0.234 e. The van der Waals surface area contributed by atoms with E-state index in [-0.39, 0.29) is 11.7 Å². The van der Waals surface area contributed by atoms with Crippen LogP contribution in [-0.4, -0.2) is 34.0 Å². The van der Waals surface area contributed by atoms with E-state index in [1.54, 1.807) is 7.11 Å². The SMILES string of the molecule is COc1ccc(-c2nc(SCC(=O)Nc3cccc(C)c3C)n[nH]2)cc1. The first-order valence-corrected chi connectivity index (χ1v) is 9.11. The van der Waals surface area contributed by atoms with E-state index >= 15 is 0 Å². The van der Waals surface area contributed by atoms with Crippen molar-refractivity contribution in [1.29, 1.82) is 0 Å². The number of carbonyl (C=O) groups excluding carboxylic acids is 1. The van der Waals surface area contributed by atoms with Crippen LogP contribution in [0.3, 0.4) is 0 Å². The highest BCUT2D eigenvalue weighted by Gasteiger charge is 2.10. The number of hydrogen-bond donors (Lipinski definition) is 2. The first-order chi connectivity index (χ1) is 12.6. The lowest BCUT2D eigenvalue weighted by Gasteiger charge is -2.09. The van der Waals surface area contributed by atoms with Crippen molar-refractivity contribution in [2.75, 3.05) is 18.2 Å². The zero-order valence-electron chi connectivity index (χ0n) is 14.9. The van der Waals surface area contributed by atoms with Crippen LogP contribution in [0, 0.1) is 13.8 Å². The van der Waals surface area contributed by atoms with E-state index < -0.39 is 0 Å². The molecule has 0 saturated heterocycles. The number of nitrogens with one attached hydrogen (secondary N) is 2. The van der Waals surface area contributed by atoms with Crippen LogP contribution in [0.5, 0.6) is 5.75 Å². The van der Waals surface area contributed by atoms with E-state index in [1.165, 1.54) is 11.8 Å². The van der Waals surface area contributed by atoms with E-state index in [9.17, 15) is 4.79 Å². The third kappa shape index (κ3) is 4.23. The molecule has 3 aromatic rings. The first-order valence-electron chi connectivity index (χ1n) is 8.12. The van der Waals surface area contributed by atoms with Gasteiger partial charge in [0.15, 0.2) is 5.82 Å². The number of hydrogen-bond acceptors (Lipinski definition) is 5. The van der Waals surface area contributed by atoms with Crippen LogP contribution in [-0.2, 0) is 4.79 Å². The van der Waals surface area contributed by atoms with Gasteiger partial charge in [-0.2, -0.15) is 0 Å². The molecule has 7 heteroatoms. The third-order valence-corrected chi connectivity index (χ3v) is 4.89. The van der Waals surface area contributed by atoms with Crippen LogP contribution >= 0.6 is 11.8 Å². The van der Waals surface area contributed by atoms with Gasteiger partial charge in [-0.3, -0.25) is 9.89 Å². The number of benzene rings is 2. The van der Waals surface area contributed by atoms with E-state index in [0.29, 0.717) is 11.0 Å². The Morgan fingerprint density at radius 3 is 2.69 bits per heavy atom. The molecule has 0 bridgehead atoms. The Bertz CT molecular complexity index is 906. The molecule has 2 aromatic carbocycles. The highest BCUT2D eigenvalue weighted by atomic mass is 32.2. The Labute approximate surface area is 156 Å². The summed E-state index contributed by atoms with van der Waals surface area (Å²) in [5, 5.41) is 10.5. The number of carbonyl (C=O) groups is 1. The summed E-state index contributed by atoms with van der Waals surface area (Å²) in [4.78, 5) is 16.6. The second kappa shape index (κ2) is 8.05. The van der Waals surface area contributed by atoms with Gasteiger partial charge in [0.25, 0.3) is 0 Å². The van der Waals surface area contributed by atoms with Gasteiger partial charge in [-0.05, 0) is 55.3 Å². The molecular formula is C19H20N4O2S. The molecule has 1 amide bonds. The van der Waals surface area contributed by atoms with E-state index in [1.807, 2.05) is 56.3 Å². The Balaban J connectivity index is 1.59. The normalized spacial score (nSPS) is 10.6. The van der Waals surface area contributed by atoms with Gasteiger partial charge in [0.1, 0.15) is 5.75 Å². The number of thioether (sulfide) groups is 1. The summed E-state index contributed by atoms with van der Waals surface area (Å²) >= 11 is 1.29. The average molecular weight is 368 g/mol. The van der Waals surface area contributed by atoms with Crippen molar-refractivity contribution in [3.63, 3.8) is 0 Å². The molecule has 1 heterocycles. The Morgan fingerprint density at radius 2 is 1.96 bits per heavy atom. The van der Waals surface area contributed by atoms with Gasteiger partial charge in [-0.1, -0.05) is 23.9 Å². The van der Waals surface area contributed by atoms with Crippen molar-refractivity contribution in [1.82, 2.24) is 15.2 Å². The number of amides is 1. The number of rotatable bonds is 6. The van der Waals surface area contributed by atoms with Crippen LogP contribution in [0.4, 0.5) is 5.69 Å². The van der Waals surface area contributed by atoms with E-state index in [4.69, 9.17) is 4.74 Å². The predicted molar refractivity (Wildman–Crippen MR) is 104 cm³/mol. The van der Waals surface area contributed by atoms with E-state index in [0.717, 1.165) is 28.1 Å². The lowest BCUT2D eigenvalue weighted by atomic mass is 10.1. The summed E-state index contributed by atoms with van der Waals surface area (Å²) in [6.45, 7) is 4.02. The number of aryl methyl sites for hydroxylation is 1. The molecule has 2 N–H and O–H groups in total. The molecule has 0 saturated carbocycles. The molecule has 0 aliphatic heterocycles. The van der Waals surface area contributed by atoms with Gasteiger partial charge in [-0.15, -0.1) is 5.10 Å². The van der Waals surface area contributed by atoms with Crippen molar-refractivity contribution >= 4 is 23.4 Å². The summed E-state index contributed by atoms with van der Waals surface area (Å²) in [5.41, 5.74) is 3.97. The molecule has 3 rings (SSSR count). The molecule has 26 heavy (non-hydrogen) atoms. The van der Waals surface area contributed by atoms with Gasteiger partial charge >= 0.3 is 0 Å². The molecular weight excluding hydrogens is 348 g/mol. The lowest BCUT2D eigenvalue weighted by Crippen LogP contribution is -2.15. The summed E-state index contributed by atoms with van der Waals surface area (Å²) in [5.74, 6) is 1.60. The molecule has 0 aliphatic rings. The van der Waals surface area contributed by atoms with Gasteiger partial charge in [0.2, 0.25) is 11.1 Å². The fourth-order valence-corrected chi connectivity index (χ4v) is 2.99. The molecule has 0 radical (unpaired) electrons. The quantitative estimate of drug-likeness (QED) is 0.647. The fourth-order valence-electron chi connectivity index (χ4n) is 2.39. The first kappa shape index (κ1) is 18.0. The number of methoxy groups -OCH3 is 1. The van der Waals surface area contributed by atoms with Crippen molar-refractivity contribution in [3.8, 4) is 17.1 Å². The van der Waals surface area contributed by atoms with Crippen LogP contribution in [0.1, 0.15) is 11.1 Å². The zero-order chi connectivity index (χ0) is 18.5. The lowest BCUT2D eigenvalue weighted by molar-refractivity contribution is -0.113. The summed E-state index contributed by atoms with van der Waals surface area (Å²) in [7, 11) is 1.63. The number of H-pyrrole nitrogens is 1. The highest BCUT2D eigenvalue weighted by molar-refractivity contribution is 7.99. The van der Waals surface area contributed by atoms with Gasteiger partial charge in [-0.25, -0.2) is 4.98 Å². The predicted octanol–water partition coefficient (Wildman–Crippen LogP) is 3.83. The monoisotopic (exact) mass is 368 g/mol. The molecule has 0 unspecified atom stereocenters. The van der Waals surface area contributed by atoms with Crippen molar-refractivity contribution in [3.05, 3.63) is 53.6 Å². The zero-order valence-corrected chi connectivity index (χ0v) is 15.7. The molecule has 0 spiro atoms. The third-order valence-electron chi connectivity index (χ3n) is 4.04. The summed E-state index contributed by atoms with van der Waals surface area (Å²) in [6.07, 6.45) is 0. The fraction of sp³-hybridized carbons (Fsp3) is 0.211. The molecule has 1 aromatic heterocycles. The Kier molecular flexibility index (Phi) is 5.58. The van der Waals surface area contributed by atoms with Crippen LogP contribution in [0.15, 0.2) is 47.6 Å². The Morgan fingerprint density at radius 1 is 1.19 bits per heavy atom. The smallest absolute Gasteiger partial charge is 0.234 e. The number of aromatic nitrogens is 3. The van der Waals surface area contributed by atoms with Gasteiger partial charge in [0.05, 0.1) is 12.9 Å². The maximum atomic E-state index is 12.2. The Hall–Kier alpha value is -2.80. The number of nitrogens with zero attached hydrogens (tertiary/aromatic N) is 2. The van der Waals surface area contributed by atoms with Gasteiger partial charge < -0.3 is 10.1 Å². The van der Waals surface area contributed by atoms with Crippen LogP contribution < -0.4 is 10.1 Å². The average Bonchev–Trinajstić information content (AvgIpc) is 3.13. The van der Waals surface area contributed by atoms with Crippen molar-refractivity contribution in [2.45, 2.75) is 19.0 Å². The summed E-state index contributed by atoms with van der Waals surface area (Å²) in [6, 6.07) is 13.4. The van der Waals surface area contributed by atoms with Crippen molar-refractivity contribution in [2.24, 2.45) is 0 Å². The van der Waals surface area contributed by atoms with Crippen LogP contribution in [0.2, 0.25) is 0 Å². The second-order valence-corrected chi connectivity index (χ2v) is 6.72. The standard InChI is InChI=1S/C19H20N4O2S/c1-12-5-4-6-16(13(12)2)20-17(24)11-26-19-21-18(22-23-19)14-7-9-15(25-3)10-8-14/h4-10H,11H2,1-3H3,(H,20,24)(H,21,22,23). The minimum atomic E-state index is -0.0838. The topological polar surface area (TPSA) is 79.9 Å². The summed E-state index contributed by atoms with van der Waals surface area (Å²) < 4.78 is 5.14. The molecule has 0 atom stereocenters. The minimum Gasteiger partial charge on any atom is -0.497 e. The molecule has 6 nitrogen and oxygen atoms in total.